The van der Waals surface area contributed by atoms with Crippen LogP contribution in [0.2, 0.25) is 5.02 Å². The van der Waals surface area contributed by atoms with Gasteiger partial charge in [-0.15, -0.1) is 0 Å². The highest BCUT2D eigenvalue weighted by atomic mass is 79.9. The molecule has 0 bridgehead atoms. The van der Waals surface area contributed by atoms with Gasteiger partial charge in [0.1, 0.15) is 46.5 Å². The third-order valence-electron chi connectivity index (χ3n) is 6.95. The van der Waals surface area contributed by atoms with Crippen LogP contribution in [-0.2, 0) is 16.1 Å². The molecule has 1 fully saturated rings. The second-order valence-electron chi connectivity index (χ2n) is 9.15. The summed E-state index contributed by atoms with van der Waals surface area (Å²) in [4.78, 5) is 41.7. The first-order valence-corrected chi connectivity index (χ1v) is 12.9. The summed E-state index contributed by atoms with van der Waals surface area (Å²) in [5.41, 5.74) is 7.32. The van der Waals surface area contributed by atoms with Gasteiger partial charge in [-0.2, -0.15) is 0 Å². The standard InChI is InChI=1S/C25H25BrClN7O3/c1-12-7-16(25(36)32-19-6-4-5-18(26)31-19)34(13(12)2)20(35)10-33-22-15(8-14(27)9-17(22)37-3)21-23(28)29-11-30-24(21)33/h4-6,8-9,11-13,16H,7,10H2,1-3H3,(H2,28,29,30)(H,31,32,36)/t12-,13-,16+/m1/s1. The number of methoxy groups -OCH3 is 1. The molecule has 0 aliphatic carbocycles. The van der Waals surface area contributed by atoms with E-state index >= 15 is 0 Å². The van der Waals surface area contributed by atoms with E-state index in [4.69, 9.17) is 22.1 Å². The number of nitrogens with zero attached hydrogens (tertiary/aromatic N) is 5. The predicted molar refractivity (Wildman–Crippen MR) is 145 cm³/mol. The maximum absolute atomic E-state index is 13.9. The van der Waals surface area contributed by atoms with E-state index in [0.29, 0.717) is 49.6 Å². The fraction of sp³-hybridized carbons (Fsp3) is 0.320. The number of carbonyl (C=O) groups is 2. The minimum absolute atomic E-state index is 0.0789. The van der Waals surface area contributed by atoms with Crippen LogP contribution in [-0.4, -0.2) is 55.4 Å². The average molecular weight is 587 g/mol. The van der Waals surface area contributed by atoms with Gasteiger partial charge in [0, 0.05) is 22.5 Å². The number of ether oxygens (including phenoxy) is 1. The van der Waals surface area contributed by atoms with Gasteiger partial charge in [0.15, 0.2) is 0 Å². The van der Waals surface area contributed by atoms with Crippen LogP contribution < -0.4 is 15.8 Å². The zero-order valence-electron chi connectivity index (χ0n) is 20.4. The van der Waals surface area contributed by atoms with E-state index in [2.05, 4.69) is 36.2 Å². The predicted octanol–water partition coefficient (Wildman–Crippen LogP) is 4.25. The first kappa shape index (κ1) is 25.2. The summed E-state index contributed by atoms with van der Waals surface area (Å²) in [5.74, 6) is 0.772. The van der Waals surface area contributed by atoms with Gasteiger partial charge >= 0.3 is 0 Å². The van der Waals surface area contributed by atoms with Crippen molar-refractivity contribution < 1.29 is 14.3 Å². The van der Waals surface area contributed by atoms with Crippen molar-refractivity contribution in [3.63, 3.8) is 0 Å². The Morgan fingerprint density at radius 1 is 1.27 bits per heavy atom. The van der Waals surface area contributed by atoms with E-state index in [0.717, 1.165) is 0 Å². The van der Waals surface area contributed by atoms with Gasteiger partial charge < -0.3 is 25.3 Å². The number of likely N-dealkylation sites (tertiary alicyclic amines) is 1. The van der Waals surface area contributed by atoms with E-state index < -0.39 is 6.04 Å². The normalized spacial score (nSPS) is 19.5. The summed E-state index contributed by atoms with van der Waals surface area (Å²) in [7, 11) is 1.53. The topological polar surface area (TPSA) is 128 Å². The van der Waals surface area contributed by atoms with Crippen LogP contribution >= 0.6 is 27.5 Å². The number of nitrogens with two attached hydrogens (primary N) is 1. The molecule has 12 heteroatoms. The van der Waals surface area contributed by atoms with E-state index in [1.807, 2.05) is 13.8 Å². The maximum Gasteiger partial charge on any atom is 0.248 e. The molecule has 1 aromatic carbocycles. The molecule has 192 valence electrons. The molecule has 1 aliphatic heterocycles. The van der Waals surface area contributed by atoms with Crippen molar-refractivity contribution in [1.82, 2.24) is 24.4 Å². The minimum atomic E-state index is -0.651. The summed E-state index contributed by atoms with van der Waals surface area (Å²) in [5, 5.41) is 4.57. The van der Waals surface area contributed by atoms with Crippen LogP contribution in [0, 0.1) is 5.92 Å². The Kier molecular flexibility index (Phi) is 6.67. The summed E-state index contributed by atoms with van der Waals surface area (Å²) < 4.78 is 7.96. The SMILES string of the molecule is COc1cc(Cl)cc2c3c(N)ncnc3n(CC(=O)N3[C@H](C)[C@H](C)C[C@H]3C(=O)Nc3cccc(Br)n3)c12. The molecule has 4 heterocycles. The molecule has 1 aliphatic rings. The molecule has 4 aromatic rings. The molecule has 10 nitrogen and oxygen atoms in total. The van der Waals surface area contributed by atoms with Crippen molar-refractivity contribution >= 4 is 72.9 Å². The quantitative estimate of drug-likeness (QED) is 0.335. The number of pyridine rings is 1. The number of carbonyl (C=O) groups excluding carboxylic acids is 2. The molecule has 2 amide bonds. The van der Waals surface area contributed by atoms with Crippen LogP contribution in [0.15, 0.2) is 41.3 Å². The van der Waals surface area contributed by atoms with Gasteiger partial charge in [0.05, 0.1) is 18.0 Å². The Morgan fingerprint density at radius 3 is 2.78 bits per heavy atom. The lowest BCUT2D eigenvalue weighted by Crippen LogP contribution is -2.47. The fourth-order valence-corrected chi connectivity index (χ4v) is 5.62. The minimum Gasteiger partial charge on any atom is -0.494 e. The lowest BCUT2D eigenvalue weighted by molar-refractivity contribution is -0.139. The van der Waals surface area contributed by atoms with Gasteiger partial charge in [0.25, 0.3) is 0 Å². The maximum atomic E-state index is 13.9. The van der Waals surface area contributed by atoms with Crippen LogP contribution in [0.4, 0.5) is 11.6 Å². The molecule has 3 aromatic heterocycles. The van der Waals surface area contributed by atoms with Gasteiger partial charge in [-0.3, -0.25) is 9.59 Å². The highest BCUT2D eigenvalue weighted by molar-refractivity contribution is 9.10. The van der Waals surface area contributed by atoms with Gasteiger partial charge in [0.2, 0.25) is 11.8 Å². The van der Waals surface area contributed by atoms with Crippen LogP contribution in [0.1, 0.15) is 20.3 Å². The van der Waals surface area contributed by atoms with Crippen molar-refractivity contribution in [1.29, 1.82) is 0 Å². The Bertz CT molecular complexity index is 1540. The lowest BCUT2D eigenvalue weighted by Gasteiger charge is -2.29. The van der Waals surface area contributed by atoms with E-state index in [1.54, 1.807) is 39.8 Å². The molecule has 0 spiro atoms. The van der Waals surface area contributed by atoms with Crippen molar-refractivity contribution in [2.75, 3.05) is 18.2 Å². The van der Waals surface area contributed by atoms with Gasteiger partial charge in [-0.1, -0.05) is 24.6 Å². The summed E-state index contributed by atoms with van der Waals surface area (Å²) in [6, 6.07) is 7.89. The highest BCUT2D eigenvalue weighted by Crippen LogP contribution is 2.39. The Labute approximate surface area is 226 Å². The third-order valence-corrected chi connectivity index (χ3v) is 7.61. The number of amides is 2. The van der Waals surface area contributed by atoms with Crippen LogP contribution in [0.5, 0.6) is 5.75 Å². The van der Waals surface area contributed by atoms with Crippen molar-refractivity contribution in [2.24, 2.45) is 5.92 Å². The number of nitrogens with one attached hydrogen (secondary N) is 1. The zero-order valence-corrected chi connectivity index (χ0v) is 22.7. The third kappa shape index (κ3) is 4.46. The van der Waals surface area contributed by atoms with Crippen LogP contribution in [0.3, 0.4) is 0 Å². The van der Waals surface area contributed by atoms with Gasteiger partial charge in [-0.25, -0.2) is 15.0 Å². The monoisotopic (exact) mass is 585 g/mol. The van der Waals surface area contributed by atoms with E-state index in [-0.39, 0.29) is 36.1 Å². The fourth-order valence-electron chi connectivity index (χ4n) is 5.07. The average Bonchev–Trinajstić information content (AvgIpc) is 3.33. The Morgan fingerprint density at radius 2 is 2.05 bits per heavy atom. The smallest absolute Gasteiger partial charge is 0.248 e. The molecule has 1 saturated heterocycles. The molecule has 0 radical (unpaired) electrons. The number of rotatable bonds is 5. The van der Waals surface area contributed by atoms with E-state index in [9.17, 15) is 9.59 Å². The van der Waals surface area contributed by atoms with Gasteiger partial charge in [-0.05, 0) is 53.4 Å². The van der Waals surface area contributed by atoms with Crippen molar-refractivity contribution in [2.45, 2.75) is 38.9 Å². The Hall–Kier alpha value is -3.44. The summed E-state index contributed by atoms with van der Waals surface area (Å²) in [6.45, 7) is 3.92. The molecule has 0 unspecified atom stereocenters. The van der Waals surface area contributed by atoms with Crippen molar-refractivity contribution in [3.05, 3.63) is 46.3 Å². The molecule has 5 rings (SSSR count). The largest absolute Gasteiger partial charge is 0.494 e. The zero-order chi connectivity index (χ0) is 26.4. The highest BCUT2D eigenvalue weighted by Gasteiger charge is 2.43. The number of halogens is 2. The number of fused-ring (bicyclic) bond motifs is 3. The number of aromatic nitrogens is 4. The second kappa shape index (κ2) is 9.79. The number of hydrogen-bond donors (Lipinski definition) is 2. The molecular formula is C25H25BrClN7O3. The second-order valence-corrected chi connectivity index (χ2v) is 10.4. The van der Waals surface area contributed by atoms with Crippen molar-refractivity contribution in [3.8, 4) is 5.75 Å². The summed E-state index contributed by atoms with van der Waals surface area (Å²) in [6.07, 6.45) is 1.89. The Balaban J connectivity index is 1.54. The first-order chi connectivity index (χ1) is 17.7. The number of nitrogen functional groups attached to an aromatic ring is 1. The number of benzene rings is 1. The molecule has 3 atom stereocenters. The number of hydrogen-bond acceptors (Lipinski definition) is 7. The number of anilines is 2. The lowest BCUT2D eigenvalue weighted by atomic mass is 10.0. The molecule has 3 N–H and O–H groups in total. The molecule has 0 saturated carbocycles. The summed E-state index contributed by atoms with van der Waals surface area (Å²) >= 11 is 9.66. The van der Waals surface area contributed by atoms with Crippen LogP contribution in [0.25, 0.3) is 21.9 Å². The van der Waals surface area contributed by atoms with E-state index in [1.165, 1.54) is 13.4 Å². The molecule has 37 heavy (non-hydrogen) atoms. The first-order valence-electron chi connectivity index (χ1n) is 11.7. The molecular weight excluding hydrogens is 562 g/mol.